The Morgan fingerprint density at radius 3 is 2.67 bits per heavy atom. The fraction of sp³-hybridized carbons (Fsp3) is 0.588. The van der Waals surface area contributed by atoms with Crippen molar-refractivity contribution in [2.75, 3.05) is 46.8 Å². The Labute approximate surface area is 127 Å². The van der Waals surface area contributed by atoms with Gasteiger partial charge in [0.05, 0.1) is 53.2 Å². The van der Waals surface area contributed by atoms with Crippen LogP contribution in [0.15, 0.2) is 24.3 Å². The second kappa shape index (κ2) is 6.16. The molecule has 114 valence electrons. The molecule has 21 heavy (non-hydrogen) atoms. The number of rotatable bonds is 2. The number of fused-ring (bicyclic) bond motifs is 1. The molecular weight excluding hydrogens is 262 g/mol. The summed E-state index contributed by atoms with van der Waals surface area (Å²) in [7, 11) is 4.43. The van der Waals surface area contributed by atoms with Gasteiger partial charge >= 0.3 is 0 Å². The summed E-state index contributed by atoms with van der Waals surface area (Å²) in [5.74, 6) is 0.337. The van der Waals surface area contributed by atoms with Gasteiger partial charge in [-0.25, -0.2) is 0 Å². The van der Waals surface area contributed by atoms with Gasteiger partial charge in [-0.15, -0.1) is 0 Å². The lowest BCUT2D eigenvalue weighted by Crippen LogP contribution is -3.12. The second-order valence-electron chi connectivity index (χ2n) is 6.64. The molecule has 1 aromatic rings. The summed E-state index contributed by atoms with van der Waals surface area (Å²) in [6.07, 6.45) is 1.78. The largest absolute Gasteiger partial charge is 0.334 e. The topological polar surface area (TPSA) is 29.2 Å². The zero-order valence-corrected chi connectivity index (χ0v) is 13.2. The summed E-state index contributed by atoms with van der Waals surface area (Å²) in [5.41, 5.74) is 2.82. The number of benzene rings is 1. The SMILES string of the molecule is C[NH+]1CCN(C(=O)C[C@@H]2c3ccccc3CC[NH+]2C)CC1. The fourth-order valence-corrected chi connectivity index (χ4v) is 3.60. The van der Waals surface area contributed by atoms with Gasteiger partial charge in [0.15, 0.2) is 0 Å². The van der Waals surface area contributed by atoms with E-state index in [2.05, 4.69) is 43.3 Å². The van der Waals surface area contributed by atoms with Crippen LogP contribution in [0.5, 0.6) is 0 Å². The van der Waals surface area contributed by atoms with Crippen LogP contribution in [0.2, 0.25) is 0 Å². The standard InChI is InChI=1S/C17H25N3O/c1-18-9-11-20(12-10-18)17(21)13-16-15-6-4-3-5-14(15)7-8-19(16)2/h3-6,16H,7-13H2,1-2H3/p+2/t16-/m1/s1. The molecular formula is C17H27N3O+2. The van der Waals surface area contributed by atoms with Gasteiger partial charge in [-0.3, -0.25) is 4.79 Å². The van der Waals surface area contributed by atoms with Crippen LogP contribution in [0.4, 0.5) is 0 Å². The molecule has 0 spiro atoms. The van der Waals surface area contributed by atoms with Crippen LogP contribution in [0.3, 0.4) is 0 Å². The molecule has 0 saturated carbocycles. The van der Waals surface area contributed by atoms with Crippen LogP contribution in [0, 0.1) is 0 Å². The van der Waals surface area contributed by atoms with E-state index in [1.165, 1.54) is 20.9 Å². The van der Waals surface area contributed by atoms with Crippen molar-refractivity contribution < 1.29 is 14.6 Å². The first-order valence-electron chi connectivity index (χ1n) is 8.14. The molecule has 1 amide bonds. The molecule has 2 heterocycles. The van der Waals surface area contributed by atoms with E-state index in [0.29, 0.717) is 18.4 Å². The minimum Gasteiger partial charge on any atom is -0.334 e. The third-order valence-corrected chi connectivity index (χ3v) is 5.16. The van der Waals surface area contributed by atoms with Gasteiger partial charge in [0.25, 0.3) is 0 Å². The highest BCUT2D eigenvalue weighted by atomic mass is 16.2. The molecule has 1 saturated heterocycles. The van der Waals surface area contributed by atoms with E-state index >= 15 is 0 Å². The molecule has 4 heteroatoms. The maximum Gasteiger partial charge on any atom is 0.229 e. The Kier molecular flexibility index (Phi) is 4.27. The summed E-state index contributed by atoms with van der Waals surface area (Å²) in [4.78, 5) is 17.7. The molecule has 0 aliphatic carbocycles. The van der Waals surface area contributed by atoms with Crippen molar-refractivity contribution in [3.8, 4) is 0 Å². The maximum absolute atomic E-state index is 12.6. The van der Waals surface area contributed by atoms with Gasteiger partial charge in [0, 0.05) is 12.0 Å². The molecule has 3 rings (SSSR count). The highest BCUT2D eigenvalue weighted by Crippen LogP contribution is 2.22. The van der Waals surface area contributed by atoms with Crippen LogP contribution in [0.25, 0.3) is 0 Å². The first-order chi connectivity index (χ1) is 10.1. The van der Waals surface area contributed by atoms with Gasteiger partial charge < -0.3 is 14.7 Å². The molecule has 1 aromatic carbocycles. The van der Waals surface area contributed by atoms with E-state index in [-0.39, 0.29) is 0 Å². The highest BCUT2D eigenvalue weighted by molar-refractivity contribution is 5.77. The van der Waals surface area contributed by atoms with E-state index in [1.807, 2.05) is 0 Å². The van der Waals surface area contributed by atoms with Gasteiger partial charge in [-0.2, -0.15) is 0 Å². The molecule has 0 bridgehead atoms. The summed E-state index contributed by atoms with van der Waals surface area (Å²) in [6.45, 7) is 5.11. The van der Waals surface area contributed by atoms with Crippen LogP contribution >= 0.6 is 0 Å². The van der Waals surface area contributed by atoms with E-state index < -0.39 is 0 Å². The monoisotopic (exact) mass is 289 g/mol. The number of piperazine rings is 1. The van der Waals surface area contributed by atoms with Crippen molar-refractivity contribution in [1.82, 2.24) is 4.90 Å². The minimum absolute atomic E-state index is 0.328. The van der Waals surface area contributed by atoms with Crippen molar-refractivity contribution >= 4 is 5.91 Å². The third-order valence-electron chi connectivity index (χ3n) is 5.16. The first kappa shape index (κ1) is 14.5. The smallest absolute Gasteiger partial charge is 0.229 e. The number of nitrogens with one attached hydrogen (secondary N) is 2. The highest BCUT2D eigenvalue weighted by Gasteiger charge is 2.32. The number of carbonyl (C=O) groups is 1. The summed E-state index contributed by atoms with van der Waals surface area (Å²) >= 11 is 0. The van der Waals surface area contributed by atoms with E-state index in [9.17, 15) is 4.79 Å². The zero-order valence-electron chi connectivity index (χ0n) is 13.2. The summed E-state index contributed by atoms with van der Waals surface area (Å²) in [6, 6.07) is 8.98. The van der Waals surface area contributed by atoms with Gasteiger partial charge in [0.2, 0.25) is 5.91 Å². The molecule has 0 radical (unpaired) electrons. The molecule has 2 aliphatic heterocycles. The third kappa shape index (κ3) is 3.11. The van der Waals surface area contributed by atoms with Crippen molar-refractivity contribution in [1.29, 1.82) is 0 Å². The Morgan fingerprint density at radius 1 is 1.19 bits per heavy atom. The Bertz CT molecular complexity index is 509. The van der Waals surface area contributed by atoms with Crippen LogP contribution in [-0.4, -0.2) is 57.6 Å². The molecule has 1 unspecified atom stereocenters. The van der Waals surface area contributed by atoms with E-state index in [0.717, 1.165) is 39.1 Å². The molecule has 2 aliphatic rings. The van der Waals surface area contributed by atoms with Crippen molar-refractivity contribution in [2.24, 2.45) is 0 Å². The first-order valence-corrected chi connectivity index (χ1v) is 8.14. The van der Waals surface area contributed by atoms with Gasteiger partial charge in [-0.05, 0) is 5.56 Å². The molecule has 4 nitrogen and oxygen atoms in total. The quantitative estimate of drug-likeness (QED) is 0.685. The Morgan fingerprint density at radius 2 is 1.90 bits per heavy atom. The predicted molar refractivity (Wildman–Crippen MR) is 82.5 cm³/mol. The average Bonchev–Trinajstić information content (AvgIpc) is 2.51. The number of carbonyl (C=O) groups excluding carboxylic acids is 1. The molecule has 1 fully saturated rings. The summed E-state index contributed by atoms with van der Waals surface area (Å²) < 4.78 is 0. The van der Waals surface area contributed by atoms with Crippen LogP contribution in [0.1, 0.15) is 23.6 Å². The lowest BCUT2D eigenvalue weighted by Gasteiger charge is -2.34. The molecule has 2 atom stereocenters. The number of hydrogen-bond acceptors (Lipinski definition) is 1. The number of quaternary nitrogens is 2. The maximum atomic E-state index is 12.6. The van der Waals surface area contributed by atoms with Crippen molar-refractivity contribution in [3.63, 3.8) is 0 Å². The minimum atomic E-state index is 0.328. The summed E-state index contributed by atoms with van der Waals surface area (Å²) in [5, 5.41) is 0. The average molecular weight is 289 g/mol. The molecule has 2 N–H and O–H groups in total. The Balaban J connectivity index is 1.70. The Hall–Kier alpha value is -1.39. The molecule has 0 aromatic heterocycles. The lowest BCUT2D eigenvalue weighted by molar-refractivity contribution is -0.914. The van der Waals surface area contributed by atoms with Crippen molar-refractivity contribution in [3.05, 3.63) is 35.4 Å². The fourth-order valence-electron chi connectivity index (χ4n) is 3.60. The van der Waals surface area contributed by atoms with Gasteiger partial charge in [0.1, 0.15) is 6.04 Å². The predicted octanol–water partition coefficient (Wildman–Crippen LogP) is -1.45. The normalized spacial score (nSPS) is 26.5. The van der Waals surface area contributed by atoms with Gasteiger partial charge in [-0.1, -0.05) is 24.3 Å². The van der Waals surface area contributed by atoms with E-state index in [1.54, 1.807) is 0 Å². The van der Waals surface area contributed by atoms with Crippen molar-refractivity contribution in [2.45, 2.75) is 18.9 Å². The second-order valence-corrected chi connectivity index (χ2v) is 6.64. The number of hydrogen-bond donors (Lipinski definition) is 2. The van der Waals surface area contributed by atoms with E-state index in [4.69, 9.17) is 0 Å². The number of nitrogens with zero attached hydrogens (tertiary/aromatic N) is 1. The zero-order chi connectivity index (χ0) is 14.8. The number of amides is 1. The van der Waals surface area contributed by atoms with Crippen LogP contribution in [-0.2, 0) is 11.2 Å². The van der Waals surface area contributed by atoms with Crippen LogP contribution < -0.4 is 9.80 Å². The number of likely N-dealkylation sites (N-methyl/N-ethyl adjacent to an activating group) is 2. The lowest BCUT2D eigenvalue weighted by atomic mass is 9.91.